The standard InChI is InChI=1S/C18H28N6O7S/c1-9(19)15(27)23-12(5-10-7-20-8-21-10)17(29)22-11(3-4-32-2)16(28)24-13(18(30)31)6-14(25)26/h7-9,11-13H,3-6,19H2,1-2H3,(H,20,21)(H,22,29)(H,23,27)(H,24,28)(H,25,26)(H,30,31). The van der Waals surface area contributed by atoms with Gasteiger partial charge in [-0.05, 0) is 25.4 Å². The molecule has 32 heavy (non-hydrogen) atoms. The van der Waals surface area contributed by atoms with E-state index in [9.17, 15) is 24.0 Å². The summed E-state index contributed by atoms with van der Waals surface area (Å²) in [5.41, 5.74) is 6.11. The summed E-state index contributed by atoms with van der Waals surface area (Å²) in [6.45, 7) is 1.45. The Morgan fingerprint density at radius 2 is 1.66 bits per heavy atom. The molecule has 0 bridgehead atoms. The van der Waals surface area contributed by atoms with Crippen molar-refractivity contribution in [1.29, 1.82) is 0 Å². The third-order valence-corrected chi connectivity index (χ3v) is 4.91. The second-order valence-electron chi connectivity index (χ2n) is 6.97. The molecular formula is C18H28N6O7S. The Hall–Kier alpha value is -3.13. The van der Waals surface area contributed by atoms with Crippen LogP contribution in [0, 0.1) is 0 Å². The highest BCUT2D eigenvalue weighted by atomic mass is 32.2. The number of H-pyrrole nitrogens is 1. The van der Waals surface area contributed by atoms with Crippen molar-refractivity contribution >= 4 is 41.4 Å². The van der Waals surface area contributed by atoms with Crippen LogP contribution < -0.4 is 21.7 Å². The molecule has 0 aliphatic heterocycles. The zero-order valence-corrected chi connectivity index (χ0v) is 18.5. The van der Waals surface area contributed by atoms with Crippen LogP contribution in [0.2, 0.25) is 0 Å². The number of carbonyl (C=O) groups is 5. The fourth-order valence-corrected chi connectivity index (χ4v) is 3.02. The fourth-order valence-electron chi connectivity index (χ4n) is 2.55. The summed E-state index contributed by atoms with van der Waals surface area (Å²) >= 11 is 1.40. The molecule has 0 fully saturated rings. The first-order chi connectivity index (χ1) is 15.0. The summed E-state index contributed by atoms with van der Waals surface area (Å²) in [6, 6.07) is -4.78. The third kappa shape index (κ3) is 9.34. The Morgan fingerprint density at radius 3 is 2.16 bits per heavy atom. The molecule has 0 aliphatic carbocycles. The number of imidazole rings is 1. The monoisotopic (exact) mass is 472 g/mol. The molecule has 1 rings (SSSR count). The smallest absolute Gasteiger partial charge is 0.326 e. The molecule has 8 N–H and O–H groups in total. The van der Waals surface area contributed by atoms with Crippen molar-refractivity contribution in [2.45, 2.75) is 50.4 Å². The van der Waals surface area contributed by atoms with Crippen molar-refractivity contribution in [3.63, 3.8) is 0 Å². The van der Waals surface area contributed by atoms with Gasteiger partial charge in [-0.1, -0.05) is 0 Å². The number of nitrogens with two attached hydrogens (primary N) is 1. The van der Waals surface area contributed by atoms with Crippen LogP contribution in [-0.4, -0.2) is 86.0 Å². The van der Waals surface area contributed by atoms with Crippen LogP contribution in [-0.2, 0) is 30.4 Å². The van der Waals surface area contributed by atoms with Crippen molar-refractivity contribution in [3.8, 4) is 0 Å². The molecule has 0 aliphatic rings. The Morgan fingerprint density at radius 1 is 1.06 bits per heavy atom. The van der Waals surface area contributed by atoms with Crippen LogP contribution in [0.5, 0.6) is 0 Å². The number of nitrogens with one attached hydrogen (secondary N) is 4. The van der Waals surface area contributed by atoms with Gasteiger partial charge in [-0.25, -0.2) is 9.78 Å². The average Bonchev–Trinajstić information content (AvgIpc) is 3.22. The first-order valence-corrected chi connectivity index (χ1v) is 11.0. The molecular weight excluding hydrogens is 444 g/mol. The van der Waals surface area contributed by atoms with Crippen LogP contribution in [0.15, 0.2) is 12.5 Å². The van der Waals surface area contributed by atoms with Crippen LogP contribution in [0.1, 0.15) is 25.5 Å². The number of hydrogen-bond acceptors (Lipinski definition) is 8. The van der Waals surface area contributed by atoms with E-state index >= 15 is 0 Å². The molecule has 0 saturated carbocycles. The number of hydrogen-bond donors (Lipinski definition) is 7. The minimum Gasteiger partial charge on any atom is -0.481 e. The highest BCUT2D eigenvalue weighted by Crippen LogP contribution is 2.06. The van der Waals surface area contributed by atoms with Gasteiger partial charge in [0.25, 0.3) is 0 Å². The molecule has 4 atom stereocenters. The van der Waals surface area contributed by atoms with Gasteiger partial charge in [0, 0.05) is 18.3 Å². The molecule has 1 aromatic rings. The summed E-state index contributed by atoms with van der Waals surface area (Å²) in [4.78, 5) is 66.4. The largest absolute Gasteiger partial charge is 0.481 e. The first-order valence-electron chi connectivity index (χ1n) is 9.62. The van der Waals surface area contributed by atoms with E-state index in [1.807, 2.05) is 0 Å². The number of thioether (sulfide) groups is 1. The van der Waals surface area contributed by atoms with E-state index in [-0.39, 0.29) is 12.8 Å². The lowest BCUT2D eigenvalue weighted by Crippen LogP contribution is -2.57. The Bertz CT molecular complexity index is 802. The van der Waals surface area contributed by atoms with Crippen molar-refractivity contribution < 1.29 is 34.2 Å². The first kappa shape index (κ1) is 26.9. The van der Waals surface area contributed by atoms with E-state index in [0.717, 1.165) is 0 Å². The normalized spacial score (nSPS) is 14.5. The summed E-state index contributed by atoms with van der Waals surface area (Å²) < 4.78 is 0. The molecule has 0 saturated heterocycles. The molecule has 0 aromatic carbocycles. The highest BCUT2D eigenvalue weighted by molar-refractivity contribution is 7.98. The molecule has 4 unspecified atom stereocenters. The van der Waals surface area contributed by atoms with E-state index < -0.39 is 60.2 Å². The Labute approximate surface area is 188 Å². The predicted molar refractivity (Wildman–Crippen MR) is 115 cm³/mol. The van der Waals surface area contributed by atoms with Gasteiger partial charge in [0.2, 0.25) is 17.7 Å². The van der Waals surface area contributed by atoms with Gasteiger partial charge in [-0.15, -0.1) is 0 Å². The SMILES string of the molecule is CSCCC(NC(=O)C(Cc1cnc[nH]1)NC(=O)C(C)N)C(=O)NC(CC(=O)O)C(=O)O. The third-order valence-electron chi connectivity index (χ3n) is 4.26. The zero-order valence-electron chi connectivity index (χ0n) is 17.7. The van der Waals surface area contributed by atoms with Crippen molar-refractivity contribution in [3.05, 3.63) is 18.2 Å². The maximum Gasteiger partial charge on any atom is 0.326 e. The molecule has 3 amide bonds. The molecule has 0 spiro atoms. The van der Waals surface area contributed by atoms with Gasteiger partial charge in [0.1, 0.15) is 18.1 Å². The van der Waals surface area contributed by atoms with Gasteiger partial charge >= 0.3 is 11.9 Å². The second-order valence-corrected chi connectivity index (χ2v) is 7.96. The minimum absolute atomic E-state index is 0.0396. The van der Waals surface area contributed by atoms with E-state index in [1.165, 1.54) is 31.2 Å². The van der Waals surface area contributed by atoms with Gasteiger partial charge < -0.3 is 36.9 Å². The Kier molecular flexibility index (Phi) is 11.2. The lowest BCUT2D eigenvalue weighted by atomic mass is 10.1. The lowest BCUT2D eigenvalue weighted by molar-refractivity contribution is -0.147. The second kappa shape index (κ2) is 13.3. The summed E-state index contributed by atoms with van der Waals surface area (Å²) in [7, 11) is 0. The zero-order chi connectivity index (χ0) is 24.3. The molecule has 0 radical (unpaired) electrons. The van der Waals surface area contributed by atoms with Gasteiger partial charge in [-0.2, -0.15) is 11.8 Å². The molecule has 1 heterocycles. The average molecular weight is 473 g/mol. The summed E-state index contributed by atoms with van der Waals surface area (Å²) in [5, 5.41) is 25.2. The number of amides is 3. The molecule has 1 aromatic heterocycles. The number of aromatic nitrogens is 2. The van der Waals surface area contributed by atoms with Gasteiger partial charge in [-0.3, -0.25) is 19.2 Å². The highest BCUT2D eigenvalue weighted by Gasteiger charge is 2.30. The quantitative estimate of drug-likeness (QED) is 0.159. The maximum absolute atomic E-state index is 12.9. The number of rotatable bonds is 14. The number of nitrogens with zero attached hydrogens (tertiary/aromatic N) is 1. The van der Waals surface area contributed by atoms with Crippen LogP contribution in [0.4, 0.5) is 0 Å². The number of carbonyl (C=O) groups excluding carboxylic acids is 3. The van der Waals surface area contributed by atoms with Gasteiger partial charge in [0.15, 0.2) is 0 Å². The number of aliphatic carboxylic acids is 2. The van der Waals surface area contributed by atoms with Crippen molar-refractivity contribution in [1.82, 2.24) is 25.9 Å². The summed E-state index contributed by atoms with van der Waals surface area (Å²) in [5.74, 6) is -4.59. The predicted octanol–water partition coefficient (Wildman–Crippen LogP) is -1.93. The van der Waals surface area contributed by atoms with E-state index in [1.54, 1.807) is 6.26 Å². The Balaban J connectivity index is 2.99. The number of carboxylic acids is 2. The summed E-state index contributed by atoms with van der Waals surface area (Å²) in [6.07, 6.45) is 4.02. The molecule has 178 valence electrons. The lowest BCUT2D eigenvalue weighted by Gasteiger charge is -2.24. The molecule has 13 nitrogen and oxygen atoms in total. The van der Waals surface area contributed by atoms with E-state index in [0.29, 0.717) is 11.4 Å². The van der Waals surface area contributed by atoms with Crippen LogP contribution in [0.3, 0.4) is 0 Å². The topological polar surface area (TPSA) is 217 Å². The van der Waals surface area contributed by atoms with Crippen LogP contribution in [0.25, 0.3) is 0 Å². The van der Waals surface area contributed by atoms with Crippen molar-refractivity contribution in [2.75, 3.05) is 12.0 Å². The van der Waals surface area contributed by atoms with E-state index in [4.69, 9.17) is 15.9 Å². The number of aromatic amines is 1. The maximum atomic E-state index is 12.9. The van der Waals surface area contributed by atoms with E-state index in [2.05, 4.69) is 25.9 Å². The van der Waals surface area contributed by atoms with Crippen molar-refractivity contribution in [2.24, 2.45) is 5.73 Å². The van der Waals surface area contributed by atoms with Crippen LogP contribution >= 0.6 is 11.8 Å². The number of carboxylic acid groups (broad SMARTS) is 2. The minimum atomic E-state index is -1.66. The molecule has 14 heteroatoms. The van der Waals surface area contributed by atoms with Gasteiger partial charge in [0.05, 0.1) is 18.8 Å². The fraction of sp³-hybridized carbons (Fsp3) is 0.556.